The molecular formula is C7H9NO4. The molecule has 0 amide bonds. The van der Waals surface area contributed by atoms with Gasteiger partial charge in [0.25, 0.3) is 0 Å². The summed E-state index contributed by atoms with van der Waals surface area (Å²) in [5, 5.41) is 7.60. The first-order chi connectivity index (χ1) is 5.70. The highest BCUT2D eigenvalue weighted by atomic mass is 16.4. The first kappa shape index (κ1) is 10.4. The SMILES string of the molecule is NCC(=O)O.O=Cc1ccoc1. The van der Waals surface area contributed by atoms with E-state index in [4.69, 9.17) is 5.11 Å². The molecule has 66 valence electrons. The number of carboxylic acid groups (broad SMARTS) is 1. The second-order valence-corrected chi connectivity index (χ2v) is 1.77. The van der Waals surface area contributed by atoms with Crippen LogP contribution in [0, 0.1) is 0 Å². The Balaban J connectivity index is 0.000000217. The van der Waals surface area contributed by atoms with Crippen LogP contribution in [0.1, 0.15) is 10.4 Å². The molecule has 0 bridgehead atoms. The van der Waals surface area contributed by atoms with E-state index in [1.165, 1.54) is 12.5 Å². The zero-order chi connectivity index (χ0) is 9.40. The van der Waals surface area contributed by atoms with Gasteiger partial charge in [-0.1, -0.05) is 0 Å². The Morgan fingerprint density at radius 3 is 2.50 bits per heavy atom. The van der Waals surface area contributed by atoms with Crippen molar-refractivity contribution in [2.24, 2.45) is 5.73 Å². The zero-order valence-corrected chi connectivity index (χ0v) is 6.27. The second kappa shape index (κ2) is 6.11. The van der Waals surface area contributed by atoms with E-state index < -0.39 is 5.97 Å². The average Bonchev–Trinajstić information content (AvgIpc) is 2.57. The summed E-state index contributed by atoms with van der Waals surface area (Å²) in [6, 6.07) is 1.60. The van der Waals surface area contributed by atoms with E-state index in [0.29, 0.717) is 5.56 Å². The molecule has 0 aliphatic rings. The van der Waals surface area contributed by atoms with Crippen LogP contribution in [-0.2, 0) is 4.79 Å². The van der Waals surface area contributed by atoms with Gasteiger partial charge in [0.1, 0.15) is 6.26 Å². The maximum atomic E-state index is 9.81. The summed E-state index contributed by atoms with van der Waals surface area (Å²) in [4.78, 5) is 19.1. The largest absolute Gasteiger partial charge is 0.480 e. The van der Waals surface area contributed by atoms with Gasteiger partial charge in [-0.25, -0.2) is 0 Å². The van der Waals surface area contributed by atoms with Crippen LogP contribution >= 0.6 is 0 Å². The summed E-state index contributed by atoms with van der Waals surface area (Å²) in [5.41, 5.74) is 5.16. The molecule has 0 aliphatic carbocycles. The lowest BCUT2D eigenvalue weighted by atomic mass is 10.4. The van der Waals surface area contributed by atoms with Gasteiger partial charge in [0, 0.05) is 0 Å². The van der Waals surface area contributed by atoms with Gasteiger partial charge in [0.2, 0.25) is 0 Å². The van der Waals surface area contributed by atoms with E-state index in [-0.39, 0.29) is 6.54 Å². The maximum Gasteiger partial charge on any atom is 0.317 e. The lowest BCUT2D eigenvalue weighted by Crippen LogP contribution is -2.10. The number of nitrogens with two attached hydrogens (primary N) is 1. The Labute approximate surface area is 68.8 Å². The molecule has 0 unspecified atom stereocenters. The van der Waals surface area contributed by atoms with Crippen LogP contribution in [0.2, 0.25) is 0 Å². The monoisotopic (exact) mass is 171 g/mol. The Kier molecular flexibility index (Phi) is 5.29. The van der Waals surface area contributed by atoms with Crippen molar-refractivity contribution in [3.05, 3.63) is 24.2 Å². The molecule has 0 aromatic carbocycles. The molecular weight excluding hydrogens is 162 g/mol. The van der Waals surface area contributed by atoms with E-state index >= 15 is 0 Å². The molecule has 0 saturated carbocycles. The van der Waals surface area contributed by atoms with Crippen molar-refractivity contribution in [3.63, 3.8) is 0 Å². The van der Waals surface area contributed by atoms with Gasteiger partial charge in [0.05, 0.1) is 18.4 Å². The number of carboxylic acids is 1. The van der Waals surface area contributed by atoms with Gasteiger partial charge < -0.3 is 15.3 Å². The summed E-state index contributed by atoms with van der Waals surface area (Å²) < 4.78 is 4.57. The fourth-order valence-corrected chi connectivity index (χ4v) is 0.342. The highest BCUT2D eigenvalue weighted by molar-refractivity contribution is 5.73. The Morgan fingerprint density at radius 1 is 1.75 bits per heavy atom. The maximum absolute atomic E-state index is 9.81. The minimum absolute atomic E-state index is 0.278. The van der Waals surface area contributed by atoms with Crippen molar-refractivity contribution < 1.29 is 19.1 Å². The van der Waals surface area contributed by atoms with E-state index in [1.54, 1.807) is 6.07 Å². The lowest BCUT2D eigenvalue weighted by Gasteiger charge is -1.73. The molecule has 0 spiro atoms. The highest BCUT2D eigenvalue weighted by Crippen LogP contribution is 1.92. The normalized spacial score (nSPS) is 8.08. The topological polar surface area (TPSA) is 93.5 Å². The third-order valence-electron chi connectivity index (χ3n) is 0.854. The molecule has 5 heteroatoms. The summed E-state index contributed by atoms with van der Waals surface area (Å²) in [7, 11) is 0. The van der Waals surface area contributed by atoms with Crippen LogP contribution in [0.25, 0.3) is 0 Å². The minimum Gasteiger partial charge on any atom is -0.480 e. The van der Waals surface area contributed by atoms with Crippen LogP contribution in [-0.4, -0.2) is 23.9 Å². The molecule has 1 aromatic heterocycles. The van der Waals surface area contributed by atoms with Crippen molar-refractivity contribution >= 4 is 12.3 Å². The van der Waals surface area contributed by atoms with Crippen molar-refractivity contribution in [1.29, 1.82) is 0 Å². The molecule has 3 N–H and O–H groups in total. The quantitative estimate of drug-likeness (QED) is 0.616. The van der Waals surface area contributed by atoms with Crippen LogP contribution in [0.15, 0.2) is 23.0 Å². The lowest BCUT2D eigenvalue weighted by molar-refractivity contribution is -0.135. The van der Waals surface area contributed by atoms with E-state index in [9.17, 15) is 9.59 Å². The molecule has 5 nitrogen and oxygen atoms in total. The first-order valence-corrected chi connectivity index (χ1v) is 3.10. The smallest absolute Gasteiger partial charge is 0.317 e. The number of hydrogen-bond donors (Lipinski definition) is 2. The summed E-state index contributed by atoms with van der Waals surface area (Å²) >= 11 is 0. The minimum atomic E-state index is -0.968. The molecule has 12 heavy (non-hydrogen) atoms. The molecule has 1 rings (SSSR count). The third kappa shape index (κ3) is 5.19. The number of hydrogen-bond acceptors (Lipinski definition) is 4. The van der Waals surface area contributed by atoms with E-state index in [2.05, 4.69) is 10.2 Å². The molecule has 0 aliphatic heterocycles. The van der Waals surface area contributed by atoms with Crippen LogP contribution in [0.5, 0.6) is 0 Å². The number of aldehydes is 1. The van der Waals surface area contributed by atoms with Crippen molar-refractivity contribution in [3.8, 4) is 0 Å². The fraction of sp³-hybridized carbons (Fsp3) is 0.143. The number of aliphatic carboxylic acids is 1. The van der Waals surface area contributed by atoms with Gasteiger partial charge >= 0.3 is 5.97 Å². The van der Waals surface area contributed by atoms with Crippen LogP contribution in [0.4, 0.5) is 0 Å². The van der Waals surface area contributed by atoms with Crippen LogP contribution < -0.4 is 5.73 Å². The van der Waals surface area contributed by atoms with E-state index in [0.717, 1.165) is 6.29 Å². The first-order valence-electron chi connectivity index (χ1n) is 3.10. The predicted molar refractivity (Wildman–Crippen MR) is 40.8 cm³/mol. The number of rotatable bonds is 2. The standard InChI is InChI=1S/C5H4O2.C2H5NO2/c6-3-5-1-2-7-4-5;3-1-2(4)5/h1-4H;1,3H2,(H,4,5). The Bertz CT molecular complexity index is 230. The molecule has 0 saturated heterocycles. The molecule has 0 fully saturated rings. The Morgan fingerprint density at radius 2 is 2.33 bits per heavy atom. The van der Waals surface area contributed by atoms with Gasteiger partial charge in [-0.05, 0) is 6.07 Å². The Hall–Kier alpha value is -1.62. The highest BCUT2D eigenvalue weighted by Gasteiger charge is 1.84. The molecule has 1 aromatic rings. The third-order valence-corrected chi connectivity index (χ3v) is 0.854. The number of carbonyl (C=O) groups excluding carboxylic acids is 1. The predicted octanol–water partition coefficient (Wildman–Crippen LogP) is 0.122. The van der Waals surface area contributed by atoms with Gasteiger partial charge in [-0.15, -0.1) is 0 Å². The van der Waals surface area contributed by atoms with Crippen LogP contribution in [0.3, 0.4) is 0 Å². The summed E-state index contributed by atoms with van der Waals surface area (Å²) in [5.74, 6) is -0.968. The molecule has 1 heterocycles. The summed E-state index contributed by atoms with van der Waals surface area (Å²) in [6.07, 6.45) is 3.60. The molecule has 0 radical (unpaired) electrons. The zero-order valence-electron chi connectivity index (χ0n) is 6.27. The van der Waals surface area contributed by atoms with E-state index in [1.807, 2.05) is 0 Å². The number of carbonyl (C=O) groups is 2. The van der Waals surface area contributed by atoms with Gasteiger partial charge in [-0.3, -0.25) is 9.59 Å². The molecule has 0 atom stereocenters. The fourth-order valence-electron chi connectivity index (χ4n) is 0.342. The van der Waals surface area contributed by atoms with Crippen molar-refractivity contribution in [2.45, 2.75) is 0 Å². The second-order valence-electron chi connectivity index (χ2n) is 1.77. The van der Waals surface area contributed by atoms with Gasteiger partial charge in [0.15, 0.2) is 6.29 Å². The van der Waals surface area contributed by atoms with Gasteiger partial charge in [-0.2, -0.15) is 0 Å². The average molecular weight is 171 g/mol. The van der Waals surface area contributed by atoms with Crippen molar-refractivity contribution in [2.75, 3.05) is 6.54 Å². The number of furan rings is 1. The van der Waals surface area contributed by atoms with Crippen molar-refractivity contribution in [1.82, 2.24) is 0 Å². The summed E-state index contributed by atoms with van der Waals surface area (Å²) in [6.45, 7) is -0.278.